The maximum Gasteiger partial charge on any atom is 0.190 e. The lowest BCUT2D eigenvalue weighted by atomic mass is 9.58. The van der Waals surface area contributed by atoms with E-state index >= 15 is 0 Å². The van der Waals surface area contributed by atoms with Crippen molar-refractivity contribution in [2.75, 3.05) is 0 Å². The second-order valence-electron chi connectivity index (χ2n) is 9.26. The van der Waals surface area contributed by atoms with Crippen LogP contribution < -0.4 is 0 Å². The van der Waals surface area contributed by atoms with E-state index in [1.807, 2.05) is 6.92 Å². The number of epoxide rings is 2. The lowest BCUT2D eigenvalue weighted by molar-refractivity contribution is -0.118. The first kappa shape index (κ1) is 16.7. The highest BCUT2D eigenvalue weighted by Gasteiger charge is 2.62. The Bertz CT molecular complexity index is 613. The summed E-state index contributed by atoms with van der Waals surface area (Å²) in [6, 6.07) is 0. The molecule has 8 atom stereocenters. The molecule has 1 saturated carbocycles. The molecular formula is C20H30O4. The monoisotopic (exact) mass is 334 g/mol. The number of aliphatic hydroxyl groups excluding tert-OH is 1. The molecule has 1 N–H and O–H groups in total. The van der Waals surface area contributed by atoms with Gasteiger partial charge in [0.2, 0.25) is 0 Å². The van der Waals surface area contributed by atoms with Crippen molar-refractivity contribution in [1.29, 1.82) is 0 Å². The second kappa shape index (κ2) is 4.93. The largest absolute Gasteiger partial charge is 0.389 e. The molecule has 0 aromatic heterocycles. The van der Waals surface area contributed by atoms with Crippen LogP contribution in [-0.4, -0.2) is 40.4 Å². The molecule has 0 aromatic carbocycles. The molecule has 0 spiro atoms. The minimum atomic E-state index is -0.568. The van der Waals surface area contributed by atoms with Crippen molar-refractivity contribution in [3.63, 3.8) is 0 Å². The quantitative estimate of drug-likeness (QED) is 0.692. The van der Waals surface area contributed by atoms with Crippen molar-refractivity contribution in [1.82, 2.24) is 0 Å². The number of ether oxygens (including phenoxy) is 2. The van der Waals surface area contributed by atoms with Gasteiger partial charge in [-0.15, -0.1) is 0 Å². The van der Waals surface area contributed by atoms with Crippen LogP contribution in [0.5, 0.6) is 0 Å². The molecule has 2 aliphatic carbocycles. The second-order valence-corrected chi connectivity index (χ2v) is 9.26. The van der Waals surface area contributed by atoms with Crippen LogP contribution in [0.25, 0.3) is 0 Å². The molecular weight excluding hydrogens is 304 g/mol. The zero-order valence-electron chi connectivity index (χ0n) is 15.5. The van der Waals surface area contributed by atoms with E-state index in [2.05, 4.69) is 27.7 Å². The topological polar surface area (TPSA) is 62.4 Å². The van der Waals surface area contributed by atoms with Crippen LogP contribution in [0, 0.1) is 17.3 Å². The van der Waals surface area contributed by atoms with Gasteiger partial charge in [0.25, 0.3) is 0 Å². The Balaban J connectivity index is 1.72. The minimum absolute atomic E-state index is 0.0430. The van der Waals surface area contributed by atoms with Crippen molar-refractivity contribution in [3.05, 3.63) is 11.6 Å². The Hall–Kier alpha value is -0.710. The number of fused-ring (bicyclic) bond motifs is 4. The van der Waals surface area contributed by atoms with Crippen LogP contribution in [0.4, 0.5) is 0 Å². The molecule has 4 heteroatoms. The van der Waals surface area contributed by atoms with E-state index in [0.29, 0.717) is 0 Å². The van der Waals surface area contributed by atoms with Crippen molar-refractivity contribution in [2.45, 2.75) is 89.8 Å². The van der Waals surface area contributed by atoms with E-state index in [1.165, 1.54) is 0 Å². The van der Waals surface area contributed by atoms with E-state index in [1.54, 1.807) is 6.08 Å². The Morgan fingerprint density at radius 2 is 1.79 bits per heavy atom. The van der Waals surface area contributed by atoms with Gasteiger partial charge in [-0.25, -0.2) is 0 Å². The number of hydrogen-bond donors (Lipinski definition) is 1. The number of carbonyl (C=O) groups excluding carboxylic acids is 1. The summed E-state index contributed by atoms with van der Waals surface area (Å²) < 4.78 is 11.9. The van der Waals surface area contributed by atoms with E-state index in [0.717, 1.165) is 31.3 Å². The summed E-state index contributed by atoms with van der Waals surface area (Å²) >= 11 is 0. The summed E-state index contributed by atoms with van der Waals surface area (Å²) in [5.74, 6) is 0.332. The normalized spacial score (nSPS) is 57.0. The van der Waals surface area contributed by atoms with E-state index < -0.39 is 6.10 Å². The summed E-state index contributed by atoms with van der Waals surface area (Å²) in [5.41, 5.74) is 0.270. The highest BCUT2D eigenvalue weighted by atomic mass is 16.6. The van der Waals surface area contributed by atoms with Gasteiger partial charge in [0.1, 0.15) is 11.7 Å². The molecule has 134 valence electrons. The van der Waals surface area contributed by atoms with Gasteiger partial charge in [-0.05, 0) is 68.4 Å². The first-order chi connectivity index (χ1) is 11.1. The number of hydrogen-bond acceptors (Lipinski definition) is 4. The lowest BCUT2D eigenvalue weighted by Gasteiger charge is -2.47. The van der Waals surface area contributed by atoms with Crippen LogP contribution in [0.15, 0.2) is 11.6 Å². The zero-order valence-corrected chi connectivity index (χ0v) is 15.5. The summed E-state index contributed by atoms with van der Waals surface area (Å²) in [6.07, 6.45) is 4.94. The van der Waals surface area contributed by atoms with Crippen molar-refractivity contribution in [2.24, 2.45) is 17.3 Å². The van der Waals surface area contributed by atoms with Crippen LogP contribution >= 0.6 is 0 Å². The van der Waals surface area contributed by atoms with Crippen LogP contribution in [-0.2, 0) is 14.3 Å². The molecule has 2 saturated heterocycles. The number of Topliss-reactive ketones (excluding diaryl/α,β-unsaturated/α-hetero) is 1. The third kappa shape index (κ3) is 2.26. The van der Waals surface area contributed by atoms with Gasteiger partial charge in [0.15, 0.2) is 5.78 Å². The maximum atomic E-state index is 13.0. The fraction of sp³-hybridized carbons (Fsp3) is 0.850. The SMILES string of the molecule is C[C@@H]1C2=C[C@H](O)[C@@H](C)C1(C)CC[C@]1(C)O[C@H]1CC[C@@]1(C)O[C@@H]1C2=O. The van der Waals surface area contributed by atoms with Gasteiger partial charge in [-0.3, -0.25) is 4.79 Å². The molecule has 2 bridgehead atoms. The molecule has 0 amide bonds. The van der Waals surface area contributed by atoms with Gasteiger partial charge in [0.05, 0.1) is 17.8 Å². The molecule has 0 radical (unpaired) electrons. The molecule has 2 aliphatic heterocycles. The third-order valence-electron chi connectivity index (χ3n) is 7.86. The number of carbonyl (C=O) groups is 1. The van der Waals surface area contributed by atoms with E-state index in [9.17, 15) is 9.90 Å². The summed E-state index contributed by atoms with van der Waals surface area (Å²) in [6.45, 7) is 10.7. The fourth-order valence-corrected chi connectivity index (χ4v) is 5.07. The van der Waals surface area contributed by atoms with E-state index in [-0.39, 0.29) is 46.4 Å². The summed E-state index contributed by atoms with van der Waals surface area (Å²) in [5, 5.41) is 10.6. The van der Waals surface area contributed by atoms with Crippen LogP contribution in [0.2, 0.25) is 0 Å². The predicted molar refractivity (Wildman–Crippen MR) is 90.6 cm³/mol. The van der Waals surface area contributed by atoms with Gasteiger partial charge >= 0.3 is 0 Å². The average Bonchev–Trinajstić information content (AvgIpc) is 3.40. The Kier molecular flexibility index (Phi) is 3.44. The highest BCUT2D eigenvalue weighted by Crippen LogP contribution is 2.55. The molecule has 3 fully saturated rings. The van der Waals surface area contributed by atoms with Crippen LogP contribution in [0.3, 0.4) is 0 Å². The number of ketones is 1. The maximum absolute atomic E-state index is 13.0. The lowest BCUT2D eigenvalue weighted by Crippen LogP contribution is -2.46. The van der Waals surface area contributed by atoms with Gasteiger partial charge in [0, 0.05) is 0 Å². The van der Waals surface area contributed by atoms with Crippen molar-refractivity contribution in [3.8, 4) is 0 Å². The molecule has 0 aromatic rings. The standard InChI is InChI=1S/C20H30O4/c1-11-13-10-14(21)12(2)18(11,3)8-9-19(4)15(23-19)6-7-20(5)17(24-20)16(13)22/h10-12,14-15,17,21H,6-9H2,1-5H3/t11-,12-,14+,15+,17-,18?,19+,20-/m1/s1. The van der Waals surface area contributed by atoms with Crippen molar-refractivity contribution < 1.29 is 19.4 Å². The van der Waals surface area contributed by atoms with Gasteiger partial charge in [-0.2, -0.15) is 0 Å². The molecule has 2 heterocycles. The zero-order chi connectivity index (χ0) is 17.5. The Morgan fingerprint density at radius 1 is 1.08 bits per heavy atom. The third-order valence-corrected chi connectivity index (χ3v) is 7.86. The van der Waals surface area contributed by atoms with Crippen LogP contribution in [0.1, 0.15) is 60.3 Å². The summed E-state index contributed by atoms with van der Waals surface area (Å²) in [4.78, 5) is 13.0. The van der Waals surface area contributed by atoms with Gasteiger partial charge < -0.3 is 14.6 Å². The highest BCUT2D eigenvalue weighted by molar-refractivity contribution is 6.02. The molecule has 4 rings (SSSR count). The molecule has 4 aliphatic rings. The number of aliphatic hydroxyl groups is 1. The minimum Gasteiger partial charge on any atom is -0.389 e. The smallest absolute Gasteiger partial charge is 0.190 e. The predicted octanol–water partition coefficient (Wildman–Crippen LogP) is 3.02. The van der Waals surface area contributed by atoms with Gasteiger partial charge in [-0.1, -0.05) is 20.8 Å². The number of rotatable bonds is 0. The van der Waals surface area contributed by atoms with Crippen molar-refractivity contribution >= 4 is 5.78 Å². The summed E-state index contributed by atoms with van der Waals surface area (Å²) in [7, 11) is 0. The van der Waals surface area contributed by atoms with E-state index in [4.69, 9.17) is 9.47 Å². The Labute approximate surface area is 144 Å². The Morgan fingerprint density at radius 3 is 2.50 bits per heavy atom. The average molecular weight is 334 g/mol. The fourth-order valence-electron chi connectivity index (χ4n) is 5.07. The first-order valence-electron chi connectivity index (χ1n) is 9.40. The molecule has 1 unspecified atom stereocenters. The molecule has 4 nitrogen and oxygen atoms in total. The molecule has 24 heavy (non-hydrogen) atoms. The first-order valence-corrected chi connectivity index (χ1v) is 9.40.